The van der Waals surface area contributed by atoms with Gasteiger partial charge in [-0.25, -0.2) is 4.98 Å². The summed E-state index contributed by atoms with van der Waals surface area (Å²) in [6.07, 6.45) is 0. The summed E-state index contributed by atoms with van der Waals surface area (Å²) < 4.78 is 5.56. The van der Waals surface area contributed by atoms with Crippen molar-refractivity contribution in [1.29, 1.82) is 0 Å². The Bertz CT molecular complexity index is 943. The van der Waals surface area contributed by atoms with Gasteiger partial charge in [0.15, 0.2) is 10.8 Å². The lowest BCUT2D eigenvalue weighted by atomic mass is 10.1. The summed E-state index contributed by atoms with van der Waals surface area (Å²) in [5, 5.41) is 6.00. The monoisotopic (exact) mass is 355 g/mol. The quantitative estimate of drug-likeness (QED) is 0.748. The summed E-state index contributed by atoms with van der Waals surface area (Å²) in [5.41, 5.74) is 1.47. The maximum absolute atomic E-state index is 12.6. The van der Waals surface area contributed by atoms with Crippen LogP contribution in [0, 0.1) is 13.8 Å². The van der Waals surface area contributed by atoms with Crippen molar-refractivity contribution in [2.24, 2.45) is 0 Å². The maximum Gasteiger partial charge on any atom is 0.267 e. The number of thiazole rings is 1. The highest BCUT2D eigenvalue weighted by Crippen LogP contribution is 2.30. The number of aryl methyl sites for hydroxylation is 2. The van der Waals surface area contributed by atoms with Gasteiger partial charge in [-0.1, -0.05) is 12.1 Å². The predicted octanol–water partition coefficient (Wildman–Crippen LogP) is 3.63. The summed E-state index contributed by atoms with van der Waals surface area (Å²) in [4.78, 5) is 29.5. The number of aromatic nitrogens is 1. The smallest absolute Gasteiger partial charge is 0.267 e. The summed E-state index contributed by atoms with van der Waals surface area (Å²) in [6, 6.07) is 10.5. The van der Waals surface area contributed by atoms with Crippen molar-refractivity contribution in [2.45, 2.75) is 13.8 Å². The Morgan fingerprint density at radius 3 is 2.52 bits per heavy atom. The molecule has 2 aromatic heterocycles. The first-order chi connectivity index (χ1) is 12.0. The molecule has 0 aliphatic rings. The van der Waals surface area contributed by atoms with Crippen molar-refractivity contribution in [3.8, 4) is 10.8 Å². The van der Waals surface area contributed by atoms with Crippen molar-refractivity contribution in [2.75, 3.05) is 12.4 Å². The number of anilines is 1. The molecule has 25 heavy (non-hydrogen) atoms. The van der Waals surface area contributed by atoms with E-state index in [9.17, 15) is 9.59 Å². The molecule has 0 spiro atoms. The van der Waals surface area contributed by atoms with Gasteiger partial charge in [-0.3, -0.25) is 9.59 Å². The molecule has 3 rings (SSSR count). The first kappa shape index (κ1) is 16.9. The third kappa shape index (κ3) is 3.46. The Balaban J connectivity index is 1.88. The zero-order valence-electron chi connectivity index (χ0n) is 14.0. The average Bonchev–Trinajstić information content (AvgIpc) is 3.20. The lowest BCUT2D eigenvalue weighted by molar-refractivity contribution is 0.0964. The Hall–Kier alpha value is -2.93. The SMILES string of the molecule is CNC(=O)c1ccccc1NC(=O)c1sc(-c2ccc(C)o2)nc1C. The molecule has 0 aliphatic heterocycles. The first-order valence-electron chi connectivity index (χ1n) is 7.66. The predicted molar refractivity (Wildman–Crippen MR) is 97.1 cm³/mol. The number of nitrogens with one attached hydrogen (secondary N) is 2. The van der Waals surface area contributed by atoms with E-state index in [2.05, 4.69) is 15.6 Å². The fourth-order valence-corrected chi connectivity index (χ4v) is 3.29. The van der Waals surface area contributed by atoms with E-state index in [0.717, 1.165) is 5.76 Å². The second-order valence-corrected chi connectivity index (χ2v) is 6.42. The van der Waals surface area contributed by atoms with Crippen LogP contribution in [0.5, 0.6) is 0 Å². The summed E-state index contributed by atoms with van der Waals surface area (Å²) >= 11 is 1.26. The van der Waals surface area contributed by atoms with Crippen LogP contribution < -0.4 is 10.6 Å². The van der Waals surface area contributed by atoms with E-state index in [1.807, 2.05) is 19.1 Å². The third-order valence-electron chi connectivity index (χ3n) is 3.60. The van der Waals surface area contributed by atoms with Gasteiger partial charge in [0, 0.05) is 7.05 Å². The van der Waals surface area contributed by atoms with Gasteiger partial charge in [0.05, 0.1) is 16.9 Å². The van der Waals surface area contributed by atoms with Gasteiger partial charge in [0.25, 0.3) is 11.8 Å². The van der Waals surface area contributed by atoms with Crippen LogP contribution in [-0.4, -0.2) is 23.8 Å². The number of carbonyl (C=O) groups excluding carboxylic acids is 2. The number of nitrogens with zero attached hydrogens (tertiary/aromatic N) is 1. The van der Waals surface area contributed by atoms with Crippen LogP contribution in [0.25, 0.3) is 10.8 Å². The molecule has 2 N–H and O–H groups in total. The number of furan rings is 1. The fourth-order valence-electron chi connectivity index (χ4n) is 2.37. The third-order valence-corrected chi connectivity index (χ3v) is 4.77. The van der Waals surface area contributed by atoms with Gasteiger partial charge in [-0.2, -0.15) is 0 Å². The molecule has 2 heterocycles. The molecular formula is C18H17N3O3S. The zero-order chi connectivity index (χ0) is 18.0. The number of hydrogen-bond donors (Lipinski definition) is 2. The van der Waals surface area contributed by atoms with E-state index < -0.39 is 0 Å². The Labute approximate surface area is 148 Å². The van der Waals surface area contributed by atoms with E-state index in [1.54, 1.807) is 38.2 Å². The second kappa shape index (κ2) is 6.90. The Morgan fingerprint density at radius 1 is 1.08 bits per heavy atom. The number of benzene rings is 1. The van der Waals surface area contributed by atoms with Crippen molar-refractivity contribution in [1.82, 2.24) is 10.3 Å². The zero-order valence-corrected chi connectivity index (χ0v) is 14.9. The molecule has 0 atom stereocenters. The molecule has 0 unspecified atom stereocenters. The summed E-state index contributed by atoms with van der Waals surface area (Å²) in [7, 11) is 1.55. The van der Waals surface area contributed by atoms with Gasteiger partial charge in [-0.15, -0.1) is 11.3 Å². The van der Waals surface area contributed by atoms with E-state index in [0.29, 0.717) is 32.6 Å². The number of hydrogen-bond acceptors (Lipinski definition) is 5. The molecule has 0 aliphatic carbocycles. The van der Waals surface area contributed by atoms with Gasteiger partial charge in [-0.05, 0) is 38.1 Å². The fraction of sp³-hybridized carbons (Fsp3) is 0.167. The van der Waals surface area contributed by atoms with Crippen molar-refractivity contribution >= 4 is 28.8 Å². The van der Waals surface area contributed by atoms with Gasteiger partial charge in [0.1, 0.15) is 10.6 Å². The van der Waals surface area contributed by atoms with E-state index >= 15 is 0 Å². The lowest BCUT2D eigenvalue weighted by Crippen LogP contribution is -2.21. The molecule has 3 aromatic rings. The van der Waals surface area contributed by atoms with Crippen LogP contribution in [0.4, 0.5) is 5.69 Å². The van der Waals surface area contributed by atoms with Gasteiger partial charge >= 0.3 is 0 Å². The lowest BCUT2D eigenvalue weighted by Gasteiger charge is -2.09. The minimum absolute atomic E-state index is 0.260. The van der Waals surface area contributed by atoms with E-state index in [-0.39, 0.29) is 11.8 Å². The Kier molecular flexibility index (Phi) is 4.67. The number of carbonyl (C=O) groups is 2. The van der Waals surface area contributed by atoms with Crippen LogP contribution in [0.1, 0.15) is 31.5 Å². The molecule has 7 heteroatoms. The molecular weight excluding hydrogens is 338 g/mol. The van der Waals surface area contributed by atoms with Gasteiger partial charge < -0.3 is 15.1 Å². The highest BCUT2D eigenvalue weighted by molar-refractivity contribution is 7.17. The van der Waals surface area contributed by atoms with Gasteiger partial charge in [0.2, 0.25) is 0 Å². The number of para-hydroxylation sites is 1. The minimum atomic E-state index is -0.305. The topological polar surface area (TPSA) is 84.2 Å². The molecule has 1 aromatic carbocycles. The highest BCUT2D eigenvalue weighted by atomic mass is 32.1. The normalized spacial score (nSPS) is 10.5. The molecule has 0 radical (unpaired) electrons. The molecule has 0 fully saturated rings. The molecule has 128 valence electrons. The summed E-state index contributed by atoms with van der Waals surface area (Å²) in [6.45, 7) is 3.63. The largest absolute Gasteiger partial charge is 0.459 e. The Morgan fingerprint density at radius 2 is 1.84 bits per heavy atom. The van der Waals surface area contributed by atoms with Crippen molar-refractivity contribution < 1.29 is 14.0 Å². The highest BCUT2D eigenvalue weighted by Gasteiger charge is 2.19. The van der Waals surface area contributed by atoms with E-state index in [1.165, 1.54) is 11.3 Å². The maximum atomic E-state index is 12.6. The van der Waals surface area contributed by atoms with E-state index in [4.69, 9.17) is 4.42 Å². The standard InChI is InChI=1S/C18H17N3O3S/c1-10-8-9-14(24-10)18-20-11(2)15(25-18)17(23)21-13-7-5-4-6-12(13)16(22)19-3/h4-9H,1-3H3,(H,19,22)(H,21,23). The van der Waals surface area contributed by atoms with Crippen LogP contribution in [0.2, 0.25) is 0 Å². The number of rotatable bonds is 4. The minimum Gasteiger partial charge on any atom is -0.459 e. The van der Waals surface area contributed by atoms with Crippen molar-refractivity contribution in [3.05, 3.63) is 58.3 Å². The van der Waals surface area contributed by atoms with Crippen LogP contribution >= 0.6 is 11.3 Å². The molecule has 2 amide bonds. The molecule has 0 saturated carbocycles. The molecule has 0 saturated heterocycles. The molecule has 0 bridgehead atoms. The van der Waals surface area contributed by atoms with Crippen LogP contribution in [0.15, 0.2) is 40.8 Å². The summed E-state index contributed by atoms with van der Waals surface area (Å²) in [5.74, 6) is 0.855. The van der Waals surface area contributed by atoms with Crippen LogP contribution in [-0.2, 0) is 0 Å². The second-order valence-electron chi connectivity index (χ2n) is 5.42. The molecule has 6 nitrogen and oxygen atoms in total. The van der Waals surface area contributed by atoms with Crippen LogP contribution in [0.3, 0.4) is 0 Å². The average molecular weight is 355 g/mol. The first-order valence-corrected chi connectivity index (χ1v) is 8.48. The number of amides is 2. The van der Waals surface area contributed by atoms with Crippen molar-refractivity contribution in [3.63, 3.8) is 0 Å².